The van der Waals surface area contributed by atoms with Crippen molar-refractivity contribution in [3.05, 3.63) is 35.1 Å². The van der Waals surface area contributed by atoms with Gasteiger partial charge in [0.2, 0.25) is 11.8 Å². The second-order valence-corrected chi connectivity index (χ2v) is 10.9. The van der Waals surface area contributed by atoms with Crippen molar-refractivity contribution in [1.29, 1.82) is 0 Å². The third kappa shape index (κ3) is 4.26. The van der Waals surface area contributed by atoms with Gasteiger partial charge in [0.05, 0.1) is 17.0 Å². The highest BCUT2D eigenvalue weighted by Crippen LogP contribution is 2.52. The van der Waals surface area contributed by atoms with Crippen LogP contribution in [0.1, 0.15) is 62.5 Å². The summed E-state index contributed by atoms with van der Waals surface area (Å²) >= 11 is 1.34. The van der Waals surface area contributed by atoms with Crippen LogP contribution in [0.15, 0.2) is 22.7 Å². The number of hydrogen-bond acceptors (Lipinski definition) is 7. The van der Waals surface area contributed by atoms with Crippen molar-refractivity contribution in [1.82, 2.24) is 10.1 Å². The summed E-state index contributed by atoms with van der Waals surface area (Å²) in [6.07, 6.45) is 4.47. The van der Waals surface area contributed by atoms with E-state index >= 15 is 0 Å². The van der Waals surface area contributed by atoms with Gasteiger partial charge in [0.15, 0.2) is 17.3 Å². The lowest BCUT2D eigenvalue weighted by molar-refractivity contribution is -0.132. The smallest absolute Gasteiger partial charge is 0.238 e. The fourth-order valence-electron chi connectivity index (χ4n) is 5.42. The summed E-state index contributed by atoms with van der Waals surface area (Å²) in [6.45, 7) is 7.47. The molecule has 2 atom stereocenters. The topological polar surface area (TPSA) is 93.9 Å². The molecule has 1 aromatic heterocycles. The fourth-order valence-corrected chi connectivity index (χ4v) is 6.19. The lowest BCUT2D eigenvalue weighted by Crippen LogP contribution is -2.49. The number of carbonyl (C=O) groups is 2. The van der Waals surface area contributed by atoms with Crippen molar-refractivity contribution in [3.8, 4) is 11.5 Å². The number of aromatic nitrogens is 1. The average molecular weight is 486 g/mol. The molecule has 3 aliphatic rings. The summed E-state index contributed by atoms with van der Waals surface area (Å²) < 4.78 is 16.7. The van der Waals surface area contributed by atoms with E-state index in [9.17, 15) is 9.59 Å². The van der Waals surface area contributed by atoms with Gasteiger partial charge in [-0.3, -0.25) is 9.59 Å². The third-order valence-electron chi connectivity index (χ3n) is 7.26. The van der Waals surface area contributed by atoms with E-state index < -0.39 is 5.25 Å². The number of amides is 2. The van der Waals surface area contributed by atoms with Crippen LogP contribution in [0, 0.1) is 6.92 Å². The summed E-state index contributed by atoms with van der Waals surface area (Å²) in [4.78, 5) is 27.9. The molecule has 1 spiro atoms. The Labute approximate surface area is 203 Å². The summed E-state index contributed by atoms with van der Waals surface area (Å²) in [5, 5.41) is 6.14. The van der Waals surface area contributed by atoms with Crippen LogP contribution in [0.5, 0.6) is 11.5 Å². The molecule has 2 unspecified atom stereocenters. The minimum atomic E-state index is -0.397. The molecule has 1 fully saturated rings. The van der Waals surface area contributed by atoms with Gasteiger partial charge in [-0.2, -0.15) is 0 Å². The summed E-state index contributed by atoms with van der Waals surface area (Å²) in [7, 11) is 0. The minimum absolute atomic E-state index is 0.0359. The molecule has 1 aromatic carbocycles. The van der Waals surface area contributed by atoms with Crippen molar-refractivity contribution in [3.63, 3.8) is 0 Å². The molecule has 2 amide bonds. The summed E-state index contributed by atoms with van der Waals surface area (Å²) in [6, 6.07) is 5.85. The Bertz CT molecular complexity index is 1090. The highest BCUT2D eigenvalue weighted by Gasteiger charge is 2.46. The molecule has 9 heteroatoms. The van der Waals surface area contributed by atoms with Gasteiger partial charge in [-0.15, -0.1) is 11.8 Å². The van der Waals surface area contributed by atoms with Gasteiger partial charge in [0.1, 0.15) is 19.0 Å². The van der Waals surface area contributed by atoms with E-state index in [0.717, 1.165) is 42.7 Å². The highest BCUT2D eigenvalue weighted by molar-refractivity contribution is 8.01. The molecular weight excluding hydrogens is 454 g/mol. The molecule has 1 N–H and O–H groups in total. The normalized spacial score (nSPS) is 21.3. The fraction of sp³-hybridized carbons (Fsp3) is 0.560. The molecule has 182 valence electrons. The first-order valence-corrected chi connectivity index (χ1v) is 13.0. The predicted octanol–water partition coefficient (Wildman–Crippen LogP) is 4.23. The number of anilines is 1. The molecule has 2 aliphatic heterocycles. The number of nitrogens with one attached hydrogen (secondary N) is 1. The number of benzene rings is 1. The number of ether oxygens (including phenoxy) is 2. The van der Waals surface area contributed by atoms with Crippen LogP contribution in [-0.4, -0.2) is 52.6 Å². The molecule has 0 bridgehead atoms. The standard InChI is InChI=1S/C25H31N3O5S/c1-15-10-22(27-33-15)26-24(30)17(3)34-13-23(29)28-14-25(6-4-5-7-25)19-12-21-20(31-8-9-32-21)11-18(19)16(28)2/h10-12,16-17H,4-9,13-14H2,1-3H3,(H,26,27,30). The second kappa shape index (κ2) is 9.17. The van der Waals surface area contributed by atoms with E-state index in [0.29, 0.717) is 31.3 Å². The van der Waals surface area contributed by atoms with Crippen molar-refractivity contribution in [2.24, 2.45) is 0 Å². The number of carbonyl (C=O) groups excluding carboxylic acids is 2. The first-order valence-electron chi connectivity index (χ1n) is 12.0. The van der Waals surface area contributed by atoms with Crippen molar-refractivity contribution >= 4 is 29.4 Å². The lowest BCUT2D eigenvalue weighted by atomic mass is 9.71. The zero-order chi connectivity index (χ0) is 23.9. The Hall–Kier alpha value is -2.68. The quantitative estimate of drug-likeness (QED) is 0.677. The Balaban J connectivity index is 1.31. The first kappa shape index (κ1) is 23.1. The zero-order valence-electron chi connectivity index (χ0n) is 19.9. The van der Waals surface area contributed by atoms with Gasteiger partial charge < -0.3 is 24.2 Å². The van der Waals surface area contributed by atoms with E-state index in [1.807, 2.05) is 4.90 Å². The predicted molar refractivity (Wildman–Crippen MR) is 129 cm³/mol. The van der Waals surface area contributed by atoms with E-state index in [2.05, 4.69) is 29.5 Å². The molecule has 2 aromatic rings. The molecule has 0 saturated heterocycles. The zero-order valence-corrected chi connectivity index (χ0v) is 20.7. The van der Waals surface area contributed by atoms with E-state index in [4.69, 9.17) is 14.0 Å². The van der Waals surface area contributed by atoms with Gasteiger partial charge in [-0.05, 0) is 56.9 Å². The lowest BCUT2D eigenvalue weighted by Gasteiger charge is -2.46. The van der Waals surface area contributed by atoms with Crippen molar-refractivity contribution in [2.75, 3.05) is 30.8 Å². The summed E-state index contributed by atoms with van der Waals surface area (Å²) in [5.41, 5.74) is 2.43. The Kier molecular flexibility index (Phi) is 6.22. The molecule has 1 saturated carbocycles. The van der Waals surface area contributed by atoms with Crippen LogP contribution in [0.3, 0.4) is 0 Å². The largest absolute Gasteiger partial charge is 0.486 e. The molecular formula is C25H31N3O5S. The number of aryl methyl sites for hydroxylation is 1. The van der Waals surface area contributed by atoms with Crippen molar-refractivity contribution in [2.45, 2.75) is 63.2 Å². The Morgan fingerprint density at radius 2 is 1.91 bits per heavy atom. The Morgan fingerprint density at radius 3 is 2.59 bits per heavy atom. The first-order chi connectivity index (χ1) is 16.4. The second-order valence-electron chi connectivity index (χ2n) is 9.53. The minimum Gasteiger partial charge on any atom is -0.486 e. The SMILES string of the molecule is Cc1cc(NC(=O)C(C)SCC(=O)N2CC3(CCCC3)c3cc4c(cc3C2C)OCCO4)no1. The maximum Gasteiger partial charge on any atom is 0.238 e. The van der Waals surface area contributed by atoms with Crippen LogP contribution in [0.25, 0.3) is 0 Å². The number of hydrogen-bond donors (Lipinski definition) is 1. The van der Waals surface area contributed by atoms with E-state index in [-0.39, 0.29) is 29.0 Å². The van der Waals surface area contributed by atoms with Crippen LogP contribution < -0.4 is 14.8 Å². The van der Waals surface area contributed by atoms with Gasteiger partial charge in [0, 0.05) is 18.0 Å². The van der Waals surface area contributed by atoms with Gasteiger partial charge in [-0.1, -0.05) is 18.0 Å². The van der Waals surface area contributed by atoms with Crippen LogP contribution in [-0.2, 0) is 15.0 Å². The van der Waals surface area contributed by atoms with Crippen molar-refractivity contribution < 1.29 is 23.6 Å². The van der Waals surface area contributed by atoms with Gasteiger partial charge >= 0.3 is 0 Å². The molecule has 34 heavy (non-hydrogen) atoms. The molecule has 1 aliphatic carbocycles. The molecule has 8 nitrogen and oxygen atoms in total. The number of rotatable bonds is 5. The third-order valence-corrected chi connectivity index (χ3v) is 8.39. The maximum absolute atomic E-state index is 13.4. The van der Waals surface area contributed by atoms with Crippen LogP contribution in [0.4, 0.5) is 5.82 Å². The number of nitrogens with zero attached hydrogens (tertiary/aromatic N) is 2. The van der Waals surface area contributed by atoms with Crippen LogP contribution >= 0.6 is 11.8 Å². The average Bonchev–Trinajstić information content (AvgIpc) is 3.48. The number of thioether (sulfide) groups is 1. The highest BCUT2D eigenvalue weighted by atomic mass is 32.2. The maximum atomic E-state index is 13.4. The monoisotopic (exact) mass is 485 g/mol. The van der Waals surface area contributed by atoms with E-state index in [1.54, 1.807) is 19.9 Å². The summed E-state index contributed by atoms with van der Waals surface area (Å²) in [5.74, 6) is 2.71. The van der Waals surface area contributed by atoms with Gasteiger partial charge in [-0.25, -0.2) is 0 Å². The molecule has 0 radical (unpaired) electrons. The Morgan fingerprint density at radius 1 is 1.21 bits per heavy atom. The molecule has 5 rings (SSSR count). The van der Waals surface area contributed by atoms with Crippen LogP contribution in [0.2, 0.25) is 0 Å². The molecule has 3 heterocycles. The van der Waals surface area contributed by atoms with E-state index in [1.165, 1.54) is 17.3 Å². The van der Waals surface area contributed by atoms with Gasteiger partial charge in [0.25, 0.3) is 0 Å². The number of fused-ring (bicyclic) bond motifs is 3.